The summed E-state index contributed by atoms with van der Waals surface area (Å²) in [4.78, 5) is 0. The van der Waals surface area contributed by atoms with E-state index in [1.54, 1.807) is 4.57 Å². The van der Waals surface area contributed by atoms with E-state index in [1.807, 2.05) is 60.7 Å². The van der Waals surface area contributed by atoms with Crippen molar-refractivity contribution < 1.29 is 17.9 Å². The number of hydrogen-bond donors (Lipinski definition) is 0. The lowest BCUT2D eigenvalue weighted by Gasteiger charge is -2.12. The normalized spacial score (nSPS) is 11.4. The van der Waals surface area contributed by atoms with Crippen molar-refractivity contribution in [2.75, 3.05) is 0 Å². The highest BCUT2D eigenvalue weighted by atomic mass is 19.4. The van der Waals surface area contributed by atoms with Gasteiger partial charge in [-0.3, -0.25) is 0 Å². The Kier molecular flexibility index (Phi) is 4.57. The Morgan fingerprint density at radius 1 is 0.750 bits per heavy atom. The summed E-state index contributed by atoms with van der Waals surface area (Å²) in [6.07, 6.45) is -4.46. The smallest absolute Gasteiger partial charge is 0.416 e. The summed E-state index contributed by atoms with van der Waals surface area (Å²) in [7, 11) is 0. The van der Waals surface area contributed by atoms with Crippen LogP contribution < -0.4 is 4.74 Å². The van der Waals surface area contributed by atoms with Gasteiger partial charge in [-0.1, -0.05) is 59.7 Å². The molecule has 4 rings (SSSR count). The fraction of sp³-hybridized carbons (Fsp3) is 0.0476. The van der Waals surface area contributed by atoms with E-state index in [0.29, 0.717) is 5.82 Å². The van der Waals surface area contributed by atoms with E-state index >= 15 is 0 Å². The van der Waals surface area contributed by atoms with Gasteiger partial charge in [0.15, 0.2) is 5.82 Å². The maximum atomic E-state index is 13.0. The zero-order chi connectivity index (χ0) is 19.6. The molecule has 1 aromatic heterocycles. The molecule has 0 fully saturated rings. The second-order valence-corrected chi connectivity index (χ2v) is 5.97. The van der Waals surface area contributed by atoms with Gasteiger partial charge in [0, 0.05) is 5.56 Å². The van der Waals surface area contributed by atoms with E-state index in [0.717, 1.165) is 23.4 Å². The Hall–Kier alpha value is -3.61. The van der Waals surface area contributed by atoms with E-state index in [-0.39, 0.29) is 11.8 Å². The fourth-order valence-electron chi connectivity index (χ4n) is 2.76. The predicted octanol–water partition coefficient (Wildman–Crippen LogP) is 5.75. The number of para-hydroxylation sites is 1. The Balaban J connectivity index is 1.79. The Morgan fingerprint density at radius 3 is 2.11 bits per heavy atom. The minimum Gasteiger partial charge on any atom is -0.424 e. The summed E-state index contributed by atoms with van der Waals surface area (Å²) in [6, 6.07) is 23.3. The first kappa shape index (κ1) is 17.8. The largest absolute Gasteiger partial charge is 0.424 e. The summed E-state index contributed by atoms with van der Waals surface area (Å²) in [5.41, 5.74) is 0.741. The van der Waals surface area contributed by atoms with E-state index < -0.39 is 11.7 Å². The number of nitrogens with zero attached hydrogens (tertiary/aromatic N) is 3. The van der Waals surface area contributed by atoms with E-state index in [4.69, 9.17) is 4.74 Å². The monoisotopic (exact) mass is 381 g/mol. The molecule has 0 atom stereocenters. The van der Waals surface area contributed by atoms with Crippen molar-refractivity contribution in [3.63, 3.8) is 0 Å². The molecule has 4 nitrogen and oxygen atoms in total. The zero-order valence-corrected chi connectivity index (χ0v) is 14.5. The molecule has 0 saturated heterocycles. The van der Waals surface area contributed by atoms with Crippen LogP contribution in [-0.2, 0) is 6.18 Å². The van der Waals surface area contributed by atoms with Crippen LogP contribution in [0.1, 0.15) is 5.56 Å². The van der Waals surface area contributed by atoms with Crippen LogP contribution in [0.2, 0.25) is 0 Å². The van der Waals surface area contributed by atoms with Gasteiger partial charge >= 0.3 is 12.2 Å². The lowest BCUT2D eigenvalue weighted by atomic mass is 10.2. The summed E-state index contributed by atoms with van der Waals surface area (Å²) in [5.74, 6) is 0.549. The summed E-state index contributed by atoms with van der Waals surface area (Å²) < 4.78 is 46.3. The molecular formula is C21H14F3N3O. The molecule has 0 aliphatic heterocycles. The number of halogens is 3. The van der Waals surface area contributed by atoms with E-state index in [1.165, 1.54) is 12.1 Å². The predicted molar refractivity (Wildman–Crippen MR) is 98.3 cm³/mol. The maximum Gasteiger partial charge on any atom is 0.416 e. The van der Waals surface area contributed by atoms with Crippen molar-refractivity contribution in [3.8, 4) is 28.8 Å². The SMILES string of the molecule is FC(F)(F)c1cccc(Oc2nnc(-c3ccccc3)n2-c2ccccc2)c1. The molecule has 0 saturated carbocycles. The van der Waals surface area contributed by atoms with Crippen LogP contribution in [0.3, 0.4) is 0 Å². The number of hydrogen-bond acceptors (Lipinski definition) is 3. The topological polar surface area (TPSA) is 39.9 Å². The molecule has 4 aromatic rings. The molecule has 1 heterocycles. The van der Waals surface area contributed by atoms with Gasteiger partial charge in [-0.05, 0) is 30.3 Å². The maximum absolute atomic E-state index is 13.0. The third-order valence-electron chi connectivity index (χ3n) is 4.05. The minimum absolute atomic E-state index is 0.0269. The van der Waals surface area contributed by atoms with Crippen molar-refractivity contribution in [1.82, 2.24) is 14.8 Å². The van der Waals surface area contributed by atoms with E-state index in [2.05, 4.69) is 10.2 Å². The van der Waals surface area contributed by atoms with Crippen molar-refractivity contribution in [2.24, 2.45) is 0 Å². The van der Waals surface area contributed by atoms with Crippen LogP contribution in [0.15, 0.2) is 84.9 Å². The van der Waals surface area contributed by atoms with Crippen LogP contribution in [0.5, 0.6) is 11.8 Å². The van der Waals surface area contributed by atoms with Gasteiger partial charge in [0.25, 0.3) is 0 Å². The molecule has 28 heavy (non-hydrogen) atoms. The first-order valence-corrected chi connectivity index (χ1v) is 8.44. The Morgan fingerprint density at radius 2 is 1.43 bits per heavy atom. The van der Waals surface area contributed by atoms with Gasteiger partial charge in [-0.2, -0.15) is 13.2 Å². The Bertz CT molecular complexity index is 1080. The third kappa shape index (κ3) is 3.59. The molecule has 0 N–H and O–H groups in total. The molecule has 140 valence electrons. The molecule has 0 bridgehead atoms. The first-order chi connectivity index (χ1) is 13.5. The fourth-order valence-corrected chi connectivity index (χ4v) is 2.76. The molecule has 0 aliphatic rings. The number of alkyl halides is 3. The molecule has 3 aromatic carbocycles. The Labute approximate surface area is 158 Å². The van der Waals surface area contributed by atoms with Crippen LogP contribution in [-0.4, -0.2) is 14.8 Å². The van der Waals surface area contributed by atoms with Gasteiger partial charge in [-0.25, -0.2) is 4.57 Å². The summed E-state index contributed by atoms with van der Waals surface area (Å²) in [6.45, 7) is 0. The molecule has 0 unspecified atom stereocenters. The van der Waals surface area contributed by atoms with Gasteiger partial charge < -0.3 is 4.74 Å². The number of ether oxygens (including phenoxy) is 1. The third-order valence-corrected chi connectivity index (χ3v) is 4.05. The van der Waals surface area contributed by atoms with Crippen LogP contribution in [0.25, 0.3) is 17.1 Å². The van der Waals surface area contributed by atoms with Crippen LogP contribution >= 0.6 is 0 Å². The van der Waals surface area contributed by atoms with Gasteiger partial charge in [0.2, 0.25) is 0 Å². The zero-order valence-electron chi connectivity index (χ0n) is 14.5. The van der Waals surface area contributed by atoms with Gasteiger partial charge in [-0.15, -0.1) is 5.10 Å². The van der Waals surface area contributed by atoms with Crippen molar-refractivity contribution in [3.05, 3.63) is 90.5 Å². The highest BCUT2D eigenvalue weighted by Gasteiger charge is 2.31. The molecule has 0 aliphatic carbocycles. The quantitative estimate of drug-likeness (QED) is 0.452. The second kappa shape index (κ2) is 7.19. The lowest BCUT2D eigenvalue weighted by molar-refractivity contribution is -0.137. The highest BCUT2D eigenvalue weighted by molar-refractivity contribution is 5.59. The average Bonchev–Trinajstić information content (AvgIpc) is 3.12. The molecule has 0 spiro atoms. The molecule has 0 amide bonds. The van der Waals surface area contributed by atoms with Crippen molar-refractivity contribution in [2.45, 2.75) is 6.18 Å². The van der Waals surface area contributed by atoms with E-state index in [9.17, 15) is 13.2 Å². The second-order valence-electron chi connectivity index (χ2n) is 5.97. The average molecular weight is 381 g/mol. The number of rotatable bonds is 4. The van der Waals surface area contributed by atoms with Gasteiger partial charge in [0.1, 0.15) is 5.75 Å². The van der Waals surface area contributed by atoms with Crippen LogP contribution in [0.4, 0.5) is 13.2 Å². The number of benzene rings is 3. The lowest BCUT2D eigenvalue weighted by Crippen LogP contribution is -2.05. The van der Waals surface area contributed by atoms with Crippen LogP contribution in [0, 0.1) is 0 Å². The standard InChI is InChI=1S/C21H14F3N3O/c22-21(23,24)16-10-7-13-18(14-16)28-20-26-25-19(15-8-3-1-4-9-15)27(20)17-11-5-2-6-12-17/h1-14H. The summed E-state index contributed by atoms with van der Waals surface area (Å²) in [5, 5.41) is 8.26. The molecule has 0 radical (unpaired) electrons. The van der Waals surface area contributed by atoms with Crippen molar-refractivity contribution >= 4 is 0 Å². The van der Waals surface area contributed by atoms with Crippen molar-refractivity contribution in [1.29, 1.82) is 0 Å². The molecule has 7 heteroatoms. The van der Waals surface area contributed by atoms with Gasteiger partial charge in [0.05, 0.1) is 11.3 Å². The number of aromatic nitrogens is 3. The first-order valence-electron chi connectivity index (χ1n) is 8.44. The molecular weight excluding hydrogens is 367 g/mol. The highest BCUT2D eigenvalue weighted by Crippen LogP contribution is 2.34. The summed E-state index contributed by atoms with van der Waals surface area (Å²) >= 11 is 0. The minimum atomic E-state index is -4.46.